The zero-order chi connectivity index (χ0) is 16.2. The van der Waals surface area contributed by atoms with E-state index in [1.165, 1.54) is 32.5 Å². The Balaban J connectivity index is 0.00000288. The van der Waals surface area contributed by atoms with Gasteiger partial charge in [-0.15, -0.1) is 24.0 Å². The number of nitrogens with zero attached hydrogens (tertiary/aromatic N) is 2. The fourth-order valence-corrected chi connectivity index (χ4v) is 2.72. The Morgan fingerprint density at radius 2 is 1.75 bits per heavy atom. The molecule has 0 aliphatic carbocycles. The molecule has 1 fully saturated rings. The first kappa shape index (κ1) is 21.0. The van der Waals surface area contributed by atoms with Crippen LogP contribution in [0, 0.1) is 0 Å². The first-order chi connectivity index (χ1) is 11.4. The molecule has 0 amide bonds. The van der Waals surface area contributed by atoms with E-state index in [2.05, 4.69) is 20.5 Å². The van der Waals surface area contributed by atoms with Crippen LogP contribution >= 0.6 is 24.0 Å². The van der Waals surface area contributed by atoms with E-state index in [0.29, 0.717) is 6.61 Å². The van der Waals surface area contributed by atoms with Crippen molar-refractivity contribution in [2.24, 2.45) is 4.99 Å². The number of ether oxygens (including phenoxy) is 1. The molecule has 0 atom stereocenters. The summed E-state index contributed by atoms with van der Waals surface area (Å²) in [6.07, 6.45) is 4.84. The van der Waals surface area contributed by atoms with Crippen molar-refractivity contribution >= 4 is 29.9 Å². The van der Waals surface area contributed by atoms with Crippen molar-refractivity contribution in [2.75, 3.05) is 46.4 Å². The topological polar surface area (TPSA) is 48.9 Å². The average molecular weight is 446 g/mol. The molecule has 136 valence electrons. The van der Waals surface area contributed by atoms with Gasteiger partial charge in [0.05, 0.1) is 6.61 Å². The lowest BCUT2D eigenvalue weighted by Crippen LogP contribution is -2.39. The van der Waals surface area contributed by atoms with Crippen molar-refractivity contribution in [3.63, 3.8) is 0 Å². The Labute approximate surface area is 163 Å². The lowest BCUT2D eigenvalue weighted by molar-refractivity contribution is 0.311. The molecule has 1 aromatic rings. The number of hydrogen-bond donors (Lipinski definition) is 2. The summed E-state index contributed by atoms with van der Waals surface area (Å²) < 4.78 is 5.67. The normalized spacial score (nSPS) is 15.0. The second-order valence-electron chi connectivity index (χ2n) is 5.84. The van der Waals surface area contributed by atoms with Crippen molar-refractivity contribution in [3.8, 4) is 5.75 Å². The van der Waals surface area contributed by atoms with E-state index < -0.39 is 0 Å². The maximum absolute atomic E-state index is 5.67. The SMILES string of the molecule is CN=C(NCCCOc1ccccc1)NCCCN1CCCC1.I. The smallest absolute Gasteiger partial charge is 0.190 e. The molecule has 5 nitrogen and oxygen atoms in total. The zero-order valence-electron chi connectivity index (χ0n) is 14.7. The van der Waals surface area contributed by atoms with Crippen LogP contribution in [0.1, 0.15) is 25.7 Å². The molecular weight excluding hydrogens is 415 g/mol. The van der Waals surface area contributed by atoms with Crippen LogP contribution in [0.25, 0.3) is 0 Å². The Kier molecular flexibility index (Phi) is 11.6. The highest BCUT2D eigenvalue weighted by Gasteiger charge is 2.10. The number of likely N-dealkylation sites (tertiary alicyclic amines) is 1. The Morgan fingerprint density at radius 3 is 2.42 bits per heavy atom. The largest absolute Gasteiger partial charge is 0.494 e. The van der Waals surface area contributed by atoms with Gasteiger partial charge in [-0.1, -0.05) is 18.2 Å². The van der Waals surface area contributed by atoms with E-state index in [9.17, 15) is 0 Å². The molecule has 2 rings (SSSR count). The van der Waals surface area contributed by atoms with Crippen molar-refractivity contribution in [3.05, 3.63) is 30.3 Å². The minimum Gasteiger partial charge on any atom is -0.494 e. The lowest BCUT2D eigenvalue weighted by atomic mass is 10.3. The first-order valence-electron chi connectivity index (χ1n) is 8.73. The Bertz CT molecular complexity index is 450. The van der Waals surface area contributed by atoms with E-state index in [-0.39, 0.29) is 24.0 Å². The van der Waals surface area contributed by atoms with Gasteiger partial charge in [0.15, 0.2) is 5.96 Å². The highest BCUT2D eigenvalue weighted by molar-refractivity contribution is 14.0. The maximum Gasteiger partial charge on any atom is 0.190 e. The summed E-state index contributed by atoms with van der Waals surface area (Å²) in [5.74, 6) is 1.81. The van der Waals surface area contributed by atoms with Crippen LogP contribution in [0.4, 0.5) is 0 Å². The van der Waals surface area contributed by atoms with Gasteiger partial charge in [-0.05, 0) is 57.5 Å². The average Bonchev–Trinajstić information content (AvgIpc) is 3.11. The molecule has 0 radical (unpaired) electrons. The standard InChI is InChI=1S/C18H30N4O.HI/c1-19-18(20-11-7-15-22-13-5-6-14-22)21-12-8-16-23-17-9-3-2-4-10-17;/h2-4,9-10H,5-8,11-16H2,1H3,(H2,19,20,21);1H. The van der Waals surface area contributed by atoms with E-state index >= 15 is 0 Å². The number of para-hydroxylation sites is 1. The van der Waals surface area contributed by atoms with E-state index in [4.69, 9.17) is 4.74 Å². The van der Waals surface area contributed by atoms with E-state index in [1.54, 1.807) is 0 Å². The van der Waals surface area contributed by atoms with Crippen LogP contribution in [0.15, 0.2) is 35.3 Å². The Morgan fingerprint density at radius 1 is 1.08 bits per heavy atom. The Hall–Kier alpha value is -1.02. The van der Waals surface area contributed by atoms with Gasteiger partial charge < -0.3 is 20.3 Å². The summed E-state index contributed by atoms with van der Waals surface area (Å²) in [6.45, 7) is 6.27. The van der Waals surface area contributed by atoms with E-state index in [0.717, 1.165) is 37.6 Å². The molecule has 1 aromatic carbocycles. The molecule has 0 saturated carbocycles. The van der Waals surface area contributed by atoms with Crippen LogP contribution in [-0.4, -0.2) is 57.2 Å². The number of benzene rings is 1. The highest BCUT2D eigenvalue weighted by Crippen LogP contribution is 2.08. The van der Waals surface area contributed by atoms with Crippen LogP contribution in [0.3, 0.4) is 0 Å². The highest BCUT2D eigenvalue weighted by atomic mass is 127. The van der Waals surface area contributed by atoms with Crippen LogP contribution in [0.2, 0.25) is 0 Å². The van der Waals surface area contributed by atoms with Gasteiger partial charge in [0, 0.05) is 20.1 Å². The number of rotatable bonds is 9. The zero-order valence-corrected chi connectivity index (χ0v) is 17.0. The van der Waals surface area contributed by atoms with Gasteiger partial charge in [-0.3, -0.25) is 4.99 Å². The third-order valence-electron chi connectivity index (χ3n) is 3.99. The summed E-state index contributed by atoms with van der Waals surface area (Å²) in [6, 6.07) is 9.93. The van der Waals surface area contributed by atoms with Gasteiger partial charge in [0.1, 0.15) is 5.75 Å². The number of nitrogens with one attached hydrogen (secondary N) is 2. The molecule has 2 N–H and O–H groups in total. The molecule has 0 spiro atoms. The summed E-state index contributed by atoms with van der Waals surface area (Å²) in [5, 5.41) is 6.70. The van der Waals surface area contributed by atoms with Gasteiger partial charge in [-0.2, -0.15) is 0 Å². The lowest BCUT2D eigenvalue weighted by Gasteiger charge is -2.16. The van der Waals surface area contributed by atoms with Gasteiger partial charge in [-0.25, -0.2) is 0 Å². The minimum absolute atomic E-state index is 0. The van der Waals surface area contributed by atoms with Gasteiger partial charge in [0.2, 0.25) is 0 Å². The first-order valence-corrected chi connectivity index (χ1v) is 8.73. The predicted molar refractivity (Wildman–Crippen MR) is 112 cm³/mol. The number of aliphatic imine (C=N–C) groups is 1. The molecule has 1 aliphatic heterocycles. The quantitative estimate of drug-likeness (QED) is 0.265. The second-order valence-corrected chi connectivity index (χ2v) is 5.84. The maximum atomic E-state index is 5.67. The summed E-state index contributed by atoms with van der Waals surface area (Å²) in [4.78, 5) is 6.79. The monoisotopic (exact) mass is 446 g/mol. The van der Waals surface area contributed by atoms with Crippen molar-refractivity contribution < 1.29 is 4.74 Å². The minimum atomic E-state index is 0. The fourth-order valence-electron chi connectivity index (χ4n) is 2.72. The summed E-state index contributed by atoms with van der Waals surface area (Å²) in [5.41, 5.74) is 0. The van der Waals surface area contributed by atoms with Crippen molar-refractivity contribution in [2.45, 2.75) is 25.7 Å². The van der Waals surface area contributed by atoms with E-state index in [1.807, 2.05) is 37.4 Å². The molecule has 1 aliphatic rings. The number of hydrogen-bond acceptors (Lipinski definition) is 3. The van der Waals surface area contributed by atoms with Crippen LogP contribution in [-0.2, 0) is 0 Å². The molecule has 0 bridgehead atoms. The molecule has 1 heterocycles. The fraction of sp³-hybridized carbons (Fsp3) is 0.611. The summed E-state index contributed by atoms with van der Waals surface area (Å²) in [7, 11) is 1.82. The third-order valence-corrected chi connectivity index (χ3v) is 3.99. The molecule has 0 unspecified atom stereocenters. The third kappa shape index (κ3) is 8.73. The number of halogens is 1. The van der Waals surface area contributed by atoms with Crippen molar-refractivity contribution in [1.29, 1.82) is 0 Å². The molecular formula is C18H31IN4O. The second kappa shape index (κ2) is 13.3. The molecule has 6 heteroatoms. The molecule has 1 saturated heterocycles. The van der Waals surface area contributed by atoms with Gasteiger partial charge >= 0.3 is 0 Å². The molecule has 24 heavy (non-hydrogen) atoms. The number of guanidine groups is 1. The molecule has 0 aromatic heterocycles. The van der Waals surface area contributed by atoms with Gasteiger partial charge in [0.25, 0.3) is 0 Å². The van der Waals surface area contributed by atoms with Crippen LogP contribution < -0.4 is 15.4 Å². The van der Waals surface area contributed by atoms with Crippen molar-refractivity contribution in [1.82, 2.24) is 15.5 Å². The predicted octanol–water partition coefficient (Wildman–Crippen LogP) is 2.72. The van der Waals surface area contributed by atoms with Crippen LogP contribution in [0.5, 0.6) is 5.75 Å². The summed E-state index contributed by atoms with van der Waals surface area (Å²) >= 11 is 0.